The quantitative estimate of drug-likeness (QED) is 0.659. The number of rotatable bonds is 0. The molecule has 3 rings (SSSR count). The molecule has 0 fully saturated rings. The molecule has 0 unspecified atom stereocenters. The van der Waals surface area contributed by atoms with Crippen LogP contribution >= 0.6 is 0 Å². The van der Waals surface area contributed by atoms with Crippen molar-refractivity contribution in [1.82, 2.24) is 4.98 Å². The molecule has 0 atom stereocenters. The fourth-order valence-corrected chi connectivity index (χ4v) is 2.48. The Morgan fingerprint density at radius 1 is 1.06 bits per heavy atom. The van der Waals surface area contributed by atoms with Gasteiger partial charge in [-0.3, -0.25) is 4.98 Å². The van der Waals surface area contributed by atoms with Crippen LogP contribution in [-0.2, 0) is 11.3 Å². The second-order valence-electron chi connectivity index (χ2n) is 4.79. The minimum Gasteiger partial charge on any atom is -0.264 e. The first-order chi connectivity index (χ1) is 7.46. The molecule has 0 bridgehead atoms. The van der Waals surface area contributed by atoms with Crippen molar-refractivity contribution in [2.24, 2.45) is 0 Å². The minimum absolute atomic E-state index is 0.132. The number of hydrogen-bond donors (Lipinski definition) is 0. The van der Waals surface area contributed by atoms with Crippen molar-refractivity contribution in [3.05, 3.63) is 41.7 Å². The molecule has 82 valence electrons. The van der Waals surface area contributed by atoms with E-state index < -0.39 is 11.3 Å². The first-order valence-electron chi connectivity index (χ1n) is 5.22. The van der Waals surface area contributed by atoms with E-state index in [0.29, 0.717) is 10.9 Å². The topological polar surface area (TPSA) is 12.9 Å². The Balaban J connectivity index is 2.54. The summed E-state index contributed by atoms with van der Waals surface area (Å²) in [7, 11) is 0. The number of benzene rings is 1. The Bertz CT molecular complexity index is 539. The van der Waals surface area contributed by atoms with Crippen LogP contribution < -0.4 is 0 Å². The molecule has 1 aliphatic carbocycles. The predicted molar refractivity (Wildman–Crippen MR) is 58.7 cm³/mol. The van der Waals surface area contributed by atoms with Crippen LogP contribution in [0.1, 0.15) is 25.0 Å². The molecule has 0 saturated carbocycles. The van der Waals surface area contributed by atoms with Gasteiger partial charge in [0, 0.05) is 23.3 Å². The summed E-state index contributed by atoms with van der Waals surface area (Å²) < 4.78 is 28.5. The van der Waals surface area contributed by atoms with Crippen LogP contribution in [0.15, 0.2) is 30.6 Å². The first-order valence-corrected chi connectivity index (χ1v) is 5.22. The van der Waals surface area contributed by atoms with Gasteiger partial charge in [0.1, 0.15) is 0 Å². The van der Waals surface area contributed by atoms with Gasteiger partial charge in [0.2, 0.25) is 0 Å². The van der Waals surface area contributed by atoms with E-state index in [1.54, 1.807) is 32.3 Å². The van der Waals surface area contributed by atoms with Gasteiger partial charge in [0.05, 0.1) is 5.41 Å². The van der Waals surface area contributed by atoms with E-state index in [4.69, 9.17) is 0 Å². The van der Waals surface area contributed by atoms with E-state index in [0.717, 1.165) is 5.39 Å². The number of alkyl halides is 2. The monoisotopic (exact) mass is 219 g/mol. The normalized spacial score (nSPS) is 20.2. The fourth-order valence-electron chi connectivity index (χ4n) is 2.48. The van der Waals surface area contributed by atoms with Crippen molar-refractivity contribution in [2.75, 3.05) is 0 Å². The Morgan fingerprint density at radius 3 is 2.56 bits per heavy atom. The van der Waals surface area contributed by atoms with E-state index in [2.05, 4.69) is 4.98 Å². The maximum Gasteiger partial charge on any atom is 0.282 e. The molecule has 1 aliphatic rings. The lowest BCUT2D eigenvalue weighted by atomic mass is 9.83. The predicted octanol–water partition coefficient (Wildman–Crippen LogP) is 3.62. The van der Waals surface area contributed by atoms with Crippen LogP contribution in [0.2, 0.25) is 0 Å². The van der Waals surface area contributed by atoms with Crippen LogP contribution in [0.5, 0.6) is 0 Å². The van der Waals surface area contributed by atoms with Crippen molar-refractivity contribution in [1.29, 1.82) is 0 Å². The zero-order valence-corrected chi connectivity index (χ0v) is 9.09. The van der Waals surface area contributed by atoms with E-state index in [1.807, 2.05) is 6.07 Å². The minimum atomic E-state index is -2.82. The zero-order chi connectivity index (χ0) is 11.6. The third-order valence-corrected chi connectivity index (χ3v) is 3.58. The van der Waals surface area contributed by atoms with Gasteiger partial charge in [-0.05, 0) is 24.8 Å². The number of hydrogen-bond acceptors (Lipinski definition) is 1. The van der Waals surface area contributed by atoms with Crippen LogP contribution in [0.25, 0.3) is 10.8 Å². The molecule has 1 nitrogen and oxygen atoms in total. The molecule has 1 aromatic carbocycles. The van der Waals surface area contributed by atoms with Crippen molar-refractivity contribution in [2.45, 2.75) is 25.2 Å². The molecule has 3 heteroatoms. The Hall–Kier alpha value is -1.51. The average Bonchev–Trinajstić information content (AvgIpc) is 2.40. The molecule has 16 heavy (non-hydrogen) atoms. The molecule has 1 heterocycles. The molecular weight excluding hydrogens is 208 g/mol. The summed E-state index contributed by atoms with van der Waals surface area (Å²) in [4.78, 5) is 4.04. The molecule has 0 saturated heterocycles. The maximum absolute atomic E-state index is 14.3. The Morgan fingerprint density at radius 2 is 1.81 bits per heavy atom. The highest BCUT2D eigenvalue weighted by molar-refractivity contribution is 5.92. The smallest absolute Gasteiger partial charge is 0.264 e. The summed E-state index contributed by atoms with van der Waals surface area (Å²) in [5.74, 6) is -2.82. The summed E-state index contributed by atoms with van der Waals surface area (Å²) in [6.45, 7) is 3.15. The van der Waals surface area contributed by atoms with Crippen molar-refractivity contribution in [3.8, 4) is 0 Å². The Kier molecular flexibility index (Phi) is 1.57. The third-order valence-electron chi connectivity index (χ3n) is 3.58. The van der Waals surface area contributed by atoms with Gasteiger partial charge < -0.3 is 0 Å². The van der Waals surface area contributed by atoms with Crippen LogP contribution in [0.3, 0.4) is 0 Å². The average molecular weight is 219 g/mol. The standard InChI is InChI=1S/C13H11F2N/c1-12(2)10-7-16-6-8-4-3-5-9(11(8)10)13(12,14)15/h3-7H,1-2H3. The van der Waals surface area contributed by atoms with Crippen molar-refractivity contribution >= 4 is 10.8 Å². The third kappa shape index (κ3) is 0.872. The SMILES string of the molecule is CC1(C)c2cncc3cccc(c23)C1(F)F. The summed E-state index contributed by atoms with van der Waals surface area (Å²) >= 11 is 0. The molecule has 0 aliphatic heterocycles. The molecule has 0 radical (unpaired) electrons. The van der Waals surface area contributed by atoms with Crippen LogP contribution in [0, 0.1) is 0 Å². The van der Waals surface area contributed by atoms with E-state index in [9.17, 15) is 8.78 Å². The summed E-state index contributed by atoms with van der Waals surface area (Å²) in [6.07, 6.45) is 3.20. The highest BCUT2D eigenvalue weighted by Gasteiger charge is 2.55. The lowest BCUT2D eigenvalue weighted by molar-refractivity contribution is -0.0645. The molecular formula is C13H11F2N. The molecule has 0 spiro atoms. The molecule has 0 N–H and O–H groups in total. The van der Waals surface area contributed by atoms with Gasteiger partial charge in [-0.1, -0.05) is 18.2 Å². The van der Waals surface area contributed by atoms with Gasteiger partial charge in [-0.2, -0.15) is 0 Å². The molecule has 0 amide bonds. The Labute approximate surface area is 92.1 Å². The van der Waals surface area contributed by atoms with Gasteiger partial charge in [0.25, 0.3) is 5.92 Å². The molecule has 1 aromatic heterocycles. The van der Waals surface area contributed by atoms with E-state index >= 15 is 0 Å². The van der Waals surface area contributed by atoms with Crippen LogP contribution in [0.4, 0.5) is 8.78 Å². The fraction of sp³-hybridized carbons (Fsp3) is 0.308. The van der Waals surface area contributed by atoms with Crippen molar-refractivity contribution in [3.63, 3.8) is 0 Å². The largest absolute Gasteiger partial charge is 0.282 e. The lowest BCUT2D eigenvalue weighted by Crippen LogP contribution is -2.33. The molecule has 2 aromatic rings. The second kappa shape index (κ2) is 2.59. The van der Waals surface area contributed by atoms with Crippen LogP contribution in [-0.4, -0.2) is 4.98 Å². The number of halogens is 2. The summed E-state index contributed by atoms with van der Waals surface area (Å²) in [5.41, 5.74) is -0.401. The van der Waals surface area contributed by atoms with Gasteiger partial charge in [0.15, 0.2) is 0 Å². The van der Waals surface area contributed by atoms with E-state index in [1.165, 1.54) is 6.07 Å². The van der Waals surface area contributed by atoms with Gasteiger partial charge in [-0.15, -0.1) is 0 Å². The lowest BCUT2D eigenvalue weighted by Gasteiger charge is -2.28. The first kappa shape index (κ1) is 9.70. The number of nitrogens with zero attached hydrogens (tertiary/aromatic N) is 1. The zero-order valence-electron chi connectivity index (χ0n) is 9.09. The summed E-state index contributed by atoms with van der Waals surface area (Å²) in [6, 6.07) is 5.01. The number of aromatic nitrogens is 1. The van der Waals surface area contributed by atoms with Gasteiger partial charge >= 0.3 is 0 Å². The summed E-state index contributed by atoms with van der Waals surface area (Å²) in [5, 5.41) is 1.47. The van der Waals surface area contributed by atoms with E-state index in [-0.39, 0.29) is 5.56 Å². The van der Waals surface area contributed by atoms with Gasteiger partial charge in [-0.25, -0.2) is 8.78 Å². The second-order valence-corrected chi connectivity index (χ2v) is 4.79. The van der Waals surface area contributed by atoms with Crippen molar-refractivity contribution < 1.29 is 8.78 Å². The number of pyridine rings is 1. The highest BCUT2D eigenvalue weighted by atomic mass is 19.3. The maximum atomic E-state index is 14.3. The highest BCUT2D eigenvalue weighted by Crippen LogP contribution is 2.55.